The molecule has 208 valence electrons. The van der Waals surface area contributed by atoms with E-state index >= 15 is 0 Å². The molecule has 0 aliphatic rings. The molecule has 2 N–H and O–H groups in total. The number of methoxy groups -OCH3 is 1. The standard InChI is InChI=1S/C31H25ClN8O2/c1-42-30-10-6-20(17-34-30)18-40-29-14-24(32)7-8-25(29)27(38-40)13-23(15-33)21-3-2-4-22(12-21)31(41)35-16-19-5-9-26-28(11-19)37-39-36-26/h2-12,14,17,23H,13,16,18H2,1H3,(H,35,41)(H,36,37,39). The summed E-state index contributed by atoms with van der Waals surface area (Å²) in [5.74, 6) is -0.211. The number of amides is 1. The molecule has 10 nitrogen and oxygen atoms in total. The number of halogens is 1. The summed E-state index contributed by atoms with van der Waals surface area (Å²) >= 11 is 6.34. The summed E-state index contributed by atoms with van der Waals surface area (Å²) < 4.78 is 7.03. The highest BCUT2D eigenvalue weighted by molar-refractivity contribution is 6.31. The lowest BCUT2D eigenvalue weighted by atomic mass is 9.93. The van der Waals surface area contributed by atoms with Gasteiger partial charge in [0.05, 0.1) is 36.9 Å². The fourth-order valence-corrected chi connectivity index (χ4v) is 5.06. The quantitative estimate of drug-likeness (QED) is 0.242. The Bertz CT molecular complexity index is 1940. The second kappa shape index (κ2) is 11.7. The number of nitrogens with zero attached hydrogens (tertiary/aromatic N) is 6. The van der Waals surface area contributed by atoms with Crippen molar-refractivity contribution in [1.29, 1.82) is 5.26 Å². The number of fused-ring (bicyclic) bond motifs is 2. The van der Waals surface area contributed by atoms with Crippen LogP contribution in [0.3, 0.4) is 0 Å². The number of ether oxygens (including phenoxy) is 1. The van der Waals surface area contributed by atoms with Gasteiger partial charge in [0.15, 0.2) is 0 Å². The number of benzene rings is 3. The average Bonchev–Trinajstić information content (AvgIpc) is 3.62. The zero-order chi connectivity index (χ0) is 29.1. The van der Waals surface area contributed by atoms with Crippen LogP contribution in [0.1, 0.15) is 38.7 Å². The number of aromatic nitrogens is 6. The molecule has 3 aromatic carbocycles. The van der Waals surface area contributed by atoms with Crippen LogP contribution in [-0.4, -0.2) is 43.2 Å². The van der Waals surface area contributed by atoms with Crippen molar-refractivity contribution in [1.82, 2.24) is 35.5 Å². The van der Waals surface area contributed by atoms with E-state index in [1.807, 2.05) is 53.2 Å². The third-order valence-electron chi connectivity index (χ3n) is 7.07. The van der Waals surface area contributed by atoms with Crippen molar-refractivity contribution in [2.45, 2.75) is 25.4 Å². The minimum Gasteiger partial charge on any atom is -0.481 e. The number of aromatic amines is 1. The normalized spacial score (nSPS) is 11.8. The molecular weight excluding hydrogens is 552 g/mol. The van der Waals surface area contributed by atoms with E-state index < -0.39 is 5.92 Å². The maximum atomic E-state index is 13.0. The number of hydrogen-bond donors (Lipinski definition) is 2. The van der Waals surface area contributed by atoms with E-state index in [0.29, 0.717) is 36.0 Å². The van der Waals surface area contributed by atoms with Crippen molar-refractivity contribution in [2.24, 2.45) is 0 Å². The van der Waals surface area contributed by atoms with Gasteiger partial charge in [-0.3, -0.25) is 9.48 Å². The van der Waals surface area contributed by atoms with Gasteiger partial charge in [-0.15, -0.1) is 0 Å². The van der Waals surface area contributed by atoms with Gasteiger partial charge in [0, 0.05) is 41.2 Å². The summed E-state index contributed by atoms with van der Waals surface area (Å²) in [6, 6.07) is 24.6. The van der Waals surface area contributed by atoms with Gasteiger partial charge in [0.1, 0.15) is 11.0 Å². The Morgan fingerprint density at radius 3 is 2.74 bits per heavy atom. The lowest BCUT2D eigenvalue weighted by Gasteiger charge is -2.11. The molecule has 6 aromatic rings. The lowest BCUT2D eigenvalue weighted by molar-refractivity contribution is 0.0951. The van der Waals surface area contributed by atoms with Crippen LogP contribution >= 0.6 is 11.6 Å². The lowest BCUT2D eigenvalue weighted by Crippen LogP contribution is -2.23. The molecule has 1 amide bonds. The first-order valence-electron chi connectivity index (χ1n) is 13.2. The summed E-state index contributed by atoms with van der Waals surface area (Å²) in [5.41, 5.74) is 6.20. The first-order valence-corrected chi connectivity index (χ1v) is 13.6. The van der Waals surface area contributed by atoms with Gasteiger partial charge in [0.2, 0.25) is 5.88 Å². The monoisotopic (exact) mass is 576 g/mol. The van der Waals surface area contributed by atoms with Crippen LogP contribution < -0.4 is 10.1 Å². The van der Waals surface area contributed by atoms with E-state index in [1.54, 1.807) is 37.6 Å². The number of H-pyrrole nitrogens is 1. The highest BCUT2D eigenvalue weighted by atomic mass is 35.5. The molecule has 0 aliphatic carbocycles. The number of carbonyl (C=O) groups excluding carboxylic acids is 1. The van der Waals surface area contributed by atoms with Crippen LogP contribution in [0.15, 0.2) is 79.0 Å². The van der Waals surface area contributed by atoms with Gasteiger partial charge in [-0.05, 0) is 59.2 Å². The van der Waals surface area contributed by atoms with Crippen molar-refractivity contribution in [3.05, 3.63) is 112 Å². The van der Waals surface area contributed by atoms with E-state index in [9.17, 15) is 10.1 Å². The van der Waals surface area contributed by atoms with Crippen molar-refractivity contribution < 1.29 is 9.53 Å². The van der Waals surface area contributed by atoms with E-state index in [4.69, 9.17) is 21.4 Å². The van der Waals surface area contributed by atoms with Crippen LogP contribution in [0, 0.1) is 11.3 Å². The molecular formula is C31H25ClN8O2. The first kappa shape index (κ1) is 26.9. The fourth-order valence-electron chi connectivity index (χ4n) is 4.89. The highest BCUT2D eigenvalue weighted by Gasteiger charge is 2.19. The van der Waals surface area contributed by atoms with Crippen molar-refractivity contribution in [3.8, 4) is 11.9 Å². The van der Waals surface area contributed by atoms with Crippen LogP contribution in [0.25, 0.3) is 21.9 Å². The average molecular weight is 577 g/mol. The Labute approximate surface area is 245 Å². The smallest absolute Gasteiger partial charge is 0.251 e. The van der Waals surface area contributed by atoms with Gasteiger partial charge < -0.3 is 10.1 Å². The Kier molecular flexibility index (Phi) is 7.49. The maximum absolute atomic E-state index is 13.0. The maximum Gasteiger partial charge on any atom is 0.251 e. The Balaban J connectivity index is 1.21. The fraction of sp³-hybridized carbons (Fsp3) is 0.161. The molecule has 1 atom stereocenters. The predicted octanol–water partition coefficient (Wildman–Crippen LogP) is 5.19. The molecule has 3 heterocycles. The number of carbonyl (C=O) groups is 1. The molecule has 6 rings (SSSR count). The molecule has 0 saturated heterocycles. The second-order valence-electron chi connectivity index (χ2n) is 9.82. The molecule has 0 spiro atoms. The van der Waals surface area contributed by atoms with Gasteiger partial charge >= 0.3 is 0 Å². The Hall–Kier alpha value is -5.27. The molecule has 1 unspecified atom stereocenters. The molecule has 42 heavy (non-hydrogen) atoms. The van der Waals surface area contributed by atoms with Crippen molar-refractivity contribution >= 4 is 39.4 Å². The summed E-state index contributed by atoms with van der Waals surface area (Å²) in [4.78, 5) is 17.3. The topological polar surface area (TPSA) is 134 Å². The first-order chi connectivity index (χ1) is 20.5. The Morgan fingerprint density at radius 2 is 1.93 bits per heavy atom. The van der Waals surface area contributed by atoms with Gasteiger partial charge in [0.25, 0.3) is 5.91 Å². The predicted molar refractivity (Wildman–Crippen MR) is 158 cm³/mol. The molecule has 0 fully saturated rings. The number of nitriles is 1. The van der Waals surface area contributed by atoms with E-state index in [-0.39, 0.29) is 5.91 Å². The molecule has 0 radical (unpaired) electrons. The summed E-state index contributed by atoms with van der Waals surface area (Å²) in [5, 5.41) is 30.2. The second-order valence-corrected chi connectivity index (χ2v) is 10.3. The molecule has 0 bridgehead atoms. The zero-order valence-corrected chi connectivity index (χ0v) is 23.3. The van der Waals surface area contributed by atoms with Gasteiger partial charge in [-0.25, -0.2) is 4.98 Å². The van der Waals surface area contributed by atoms with Crippen LogP contribution in [0.4, 0.5) is 0 Å². The summed E-state index contributed by atoms with van der Waals surface area (Å²) in [7, 11) is 1.58. The van der Waals surface area contributed by atoms with Gasteiger partial charge in [-0.1, -0.05) is 35.9 Å². The largest absolute Gasteiger partial charge is 0.481 e. The molecule has 11 heteroatoms. The molecule has 3 aromatic heterocycles. The highest BCUT2D eigenvalue weighted by Crippen LogP contribution is 2.28. The SMILES string of the molecule is COc1ccc(Cn2nc(CC(C#N)c3cccc(C(=O)NCc4ccc5n[nH]nc5c4)c3)c3ccc(Cl)cc32)cn1. The number of nitrogens with one attached hydrogen (secondary N) is 2. The van der Waals surface area contributed by atoms with Crippen molar-refractivity contribution in [3.63, 3.8) is 0 Å². The number of rotatable bonds is 9. The third-order valence-corrected chi connectivity index (χ3v) is 7.30. The minimum absolute atomic E-state index is 0.230. The van der Waals surface area contributed by atoms with E-state index in [2.05, 4.69) is 31.8 Å². The Morgan fingerprint density at radius 1 is 1.07 bits per heavy atom. The summed E-state index contributed by atoms with van der Waals surface area (Å²) in [6.07, 6.45) is 2.11. The number of pyridine rings is 1. The van der Waals surface area contributed by atoms with E-state index in [1.165, 1.54) is 0 Å². The van der Waals surface area contributed by atoms with Crippen LogP contribution in [-0.2, 0) is 19.5 Å². The van der Waals surface area contributed by atoms with Crippen molar-refractivity contribution in [2.75, 3.05) is 7.11 Å². The zero-order valence-electron chi connectivity index (χ0n) is 22.6. The molecule has 0 aliphatic heterocycles. The van der Waals surface area contributed by atoms with Crippen LogP contribution in [0.2, 0.25) is 5.02 Å². The van der Waals surface area contributed by atoms with Crippen LogP contribution in [0.5, 0.6) is 5.88 Å². The number of hydrogen-bond acceptors (Lipinski definition) is 7. The minimum atomic E-state index is -0.516. The third kappa shape index (κ3) is 5.64. The summed E-state index contributed by atoms with van der Waals surface area (Å²) in [6.45, 7) is 0.813. The molecule has 0 saturated carbocycles. The van der Waals surface area contributed by atoms with E-state index in [0.717, 1.165) is 44.3 Å². The van der Waals surface area contributed by atoms with Gasteiger partial charge in [-0.2, -0.15) is 25.8 Å².